The Hall–Kier alpha value is -1.45. The van der Waals surface area contributed by atoms with E-state index in [1.807, 2.05) is 14.0 Å². The molecule has 0 spiro atoms. The number of hydrogen-bond acceptors (Lipinski definition) is 3. The Bertz CT molecular complexity index is 390. The van der Waals surface area contributed by atoms with Crippen LogP contribution in [0.4, 0.5) is 0 Å². The first-order valence-electron chi connectivity index (χ1n) is 3.38. The van der Waals surface area contributed by atoms with Crippen LogP contribution in [-0.4, -0.2) is 19.7 Å². The topological polar surface area (TPSA) is 43.6 Å². The Labute approximate surface area is 63.9 Å². The van der Waals surface area contributed by atoms with Crippen LogP contribution in [0.15, 0.2) is 12.5 Å². The smallest absolute Gasteiger partial charge is 0.161 e. The molecule has 0 aromatic carbocycles. The van der Waals surface area contributed by atoms with Crippen LogP contribution in [0, 0.1) is 6.92 Å². The van der Waals surface area contributed by atoms with E-state index in [-0.39, 0.29) is 0 Å². The van der Waals surface area contributed by atoms with Crippen molar-refractivity contribution in [3.63, 3.8) is 0 Å². The van der Waals surface area contributed by atoms with E-state index in [1.165, 1.54) is 0 Å². The fourth-order valence-electron chi connectivity index (χ4n) is 1.08. The highest BCUT2D eigenvalue weighted by Crippen LogP contribution is 2.10. The summed E-state index contributed by atoms with van der Waals surface area (Å²) in [6, 6.07) is 0. The third kappa shape index (κ3) is 0.790. The van der Waals surface area contributed by atoms with E-state index in [2.05, 4.69) is 15.1 Å². The summed E-state index contributed by atoms with van der Waals surface area (Å²) in [6.07, 6.45) is 3.34. The van der Waals surface area contributed by atoms with Gasteiger partial charge in [-0.1, -0.05) is 0 Å². The molecule has 0 aliphatic carbocycles. The van der Waals surface area contributed by atoms with Crippen LogP contribution in [-0.2, 0) is 7.05 Å². The van der Waals surface area contributed by atoms with Gasteiger partial charge in [0.25, 0.3) is 0 Å². The number of aromatic nitrogens is 4. The Morgan fingerprint density at radius 2 is 2.18 bits per heavy atom. The summed E-state index contributed by atoms with van der Waals surface area (Å²) in [6.45, 7) is 1.95. The van der Waals surface area contributed by atoms with Gasteiger partial charge in [0.1, 0.15) is 6.33 Å². The molecule has 0 atom stereocenters. The average Bonchev–Trinajstić information content (AvgIpc) is 2.35. The maximum Gasteiger partial charge on any atom is 0.161 e. The minimum absolute atomic E-state index is 0.887. The van der Waals surface area contributed by atoms with E-state index in [0.717, 1.165) is 16.7 Å². The fourth-order valence-corrected chi connectivity index (χ4v) is 1.08. The molecule has 0 saturated carbocycles. The summed E-state index contributed by atoms with van der Waals surface area (Å²) in [5.41, 5.74) is 1.86. The van der Waals surface area contributed by atoms with Crippen molar-refractivity contribution in [2.45, 2.75) is 6.92 Å². The van der Waals surface area contributed by atoms with Gasteiger partial charge in [-0.25, -0.2) is 9.97 Å². The van der Waals surface area contributed by atoms with Gasteiger partial charge in [0.05, 0.1) is 17.3 Å². The van der Waals surface area contributed by atoms with Gasteiger partial charge in [-0.15, -0.1) is 0 Å². The first-order valence-corrected chi connectivity index (χ1v) is 3.38. The maximum absolute atomic E-state index is 4.09. The van der Waals surface area contributed by atoms with Gasteiger partial charge in [0.2, 0.25) is 0 Å². The predicted molar refractivity (Wildman–Crippen MR) is 41.0 cm³/mol. The van der Waals surface area contributed by atoms with Crippen molar-refractivity contribution in [3.05, 3.63) is 18.2 Å². The van der Waals surface area contributed by atoms with E-state index in [4.69, 9.17) is 0 Å². The van der Waals surface area contributed by atoms with Crippen LogP contribution < -0.4 is 0 Å². The molecule has 0 unspecified atom stereocenters. The van der Waals surface area contributed by atoms with Gasteiger partial charge in [-0.2, -0.15) is 5.10 Å². The van der Waals surface area contributed by atoms with E-state index in [9.17, 15) is 0 Å². The molecule has 0 radical (unpaired) electrons. The molecule has 2 aromatic rings. The van der Waals surface area contributed by atoms with E-state index < -0.39 is 0 Å². The summed E-state index contributed by atoms with van der Waals surface area (Å²) < 4.78 is 1.74. The zero-order chi connectivity index (χ0) is 7.84. The third-order valence-electron chi connectivity index (χ3n) is 1.73. The number of nitrogens with zero attached hydrogens (tertiary/aromatic N) is 4. The van der Waals surface area contributed by atoms with E-state index >= 15 is 0 Å². The second-order valence-corrected chi connectivity index (χ2v) is 2.46. The van der Waals surface area contributed by atoms with Crippen LogP contribution in [0.2, 0.25) is 0 Å². The monoisotopic (exact) mass is 148 g/mol. The Morgan fingerprint density at radius 3 is 2.91 bits per heavy atom. The zero-order valence-electron chi connectivity index (χ0n) is 6.44. The van der Waals surface area contributed by atoms with Crippen molar-refractivity contribution in [2.75, 3.05) is 0 Å². The molecule has 0 saturated heterocycles. The highest BCUT2D eigenvalue weighted by Gasteiger charge is 2.01. The van der Waals surface area contributed by atoms with Crippen LogP contribution in [0.25, 0.3) is 11.0 Å². The van der Waals surface area contributed by atoms with Crippen molar-refractivity contribution < 1.29 is 0 Å². The number of aryl methyl sites for hydroxylation is 2. The summed E-state index contributed by atoms with van der Waals surface area (Å²) >= 11 is 0. The Balaban J connectivity index is 2.94. The molecule has 4 heteroatoms. The summed E-state index contributed by atoms with van der Waals surface area (Å²) in [5.74, 6) is 0. The first-order chi connectivity index (χ1) is 5.29. The molecule has 11 heavy (non-hydrogen) atoms. The largest absolute Gasteiger partial charge is 0.250 e. The lowest BCUT2D eigenvalue weighted by Gasteiger charge is -1.93. The normalized spacial score (nSPS) is 10.7. The van der Waals surface area contributed by atoms with Crippen molar-refractivity contribution in [1.82, 2.24) is 19.7 Å². The van der Waals surface area contributed by atoms with Gasteiger partial charge in [-0.3, -0.25) is 4.68 Å². The molecule has 0 aliphatic heterocycles. The third-order valence-corrected chi connectivity index (χ3v) is 1.73. The van der Waals surface area contributed by atoms with Crippen molar-refractivity contribution in [2.24, 2.45) is 7.05 Å². The fraction of sp³-hybridized carbons (Fsp3) is 0.286. The second kappa shape index (κ2) is 2.02. The zero-order valence-corrected chi connectivity index (χ0v) is 6.44. The molecule has 2 aromatic heterocycles. The van der Waals surface area contributed by atoms with Gasteiger partial charge in [0.15, 0.2) is 5.65 Å². The van der Waals surface area contributed by atoms with Gasteiger partial charge < -0.3 is 0 Å². The summed E-state index contributed by atoms with van der Waals surface area (Å²) in [7, 11) is 1.87. The molecule has 4 nitrogen and oxygen atoms in total. The molecular formula is C7H8N4. The molecule has 2 rings (SSSR count). The Kier molecular flexibility index (Phi) is 1.15. The van der Waals surface area contributed by atoms with Crippen LogP contribution >= 0.6 is 0 Å². The molecule has 56 valence electrons. The molecule has 0 amide bonds. The van der Waals surface area contributed by atoms with Crippen LogP contribution in [0.1, 0.15) is 5.69 Å². The second-order valence-electron chi connectivity index (χ2n) is 2.46. The molecule has 0 bridgehead atoms. The first kappa shape index (κ1) is 6.27. The van der Waals surface area contributed by atoms with Gasteiger partial charge in [0, 0.05) is 7.05 Å². The lowest BCUT2D eigenvalue weighted by atomic mass is 10.3. The standard InChI is InChI=1S/C7H8N4/c1-5-6-3-10-11(2)7(6)9-4-8-5/h3-4H,1-2H3. The predicted octanol–water partition coefficient (Wildman–Crippen LogP) is 0.672. The van der Waals surface area contributed by atoms with Gasteiger partial charge >= 0.3 is 0 Å². The van der Waals surface area contributed by atoms with Crippen molar-refractivity contribution >= 4 is 11.0 Å². The quantitative estimate of drug-likeness (QED) is 0.551. The lowest BCUT2D eigenvalue weighted by molar-refractivity contribution is 0.785. The van der Waals surface area contributed by atoms with Gasteiger partial charge in [-0.05, 0) is 6.92 Å². The van der Waals surface area contributed by atoms with E-state index in [1.54, 1.807) is 17.2 Å². The highest BCUT2D eigenvalue weighted by molar-refractivity contribution is 5.76. The molecule has 2 heterocycles. The Morgan fingerprint density at radius 1 is 1.36 bits per heavy atom. The average molecular weight is 148 g/mol. The molecule has 0 aliphatic rings. The summed E-state index contributed by atoms with van der Waals surface area (Å²) in [4.78, 5) is 8.15. The minimum atomic E-state index is 0.887. The van der Waals surface area contributed by atoms with E-state index in [0.29, 0.717) is 0 Å². The SMILES string of the molecule is Cc1ncnc2c1cnn2C. The number of fused-ring (bicyclic) bond motifs is 1. The van der Waals surface area contributed by atoms with Crippen LogP contribution in [0.3, 0.4) is 0 Å². The maximum atomic E-state index is 4.09. The number of rotatable bonds is 0. The minimum Gasteiger partial charge on any atom is -0.250 e. The lowest BCUT2D eigenvalue weighted by Crippen LogP contribution is -1.92. The summed E-state index contributed by atoms with van der Waals surface area (Å²) in [5, 5.41) is 5.09. The molecule has 0 N–H and O–H groups in total. The highest BCUT2D eigenvalue weighted by atomic mass is 15.3. The van der Waals surface area contributed by atoms with Crippen molar-refractivity contribution in [3.8, 4) is 0 Å². The molecular weight excluding hydrogens is 140 g/mol. The van der Waals surface area contributed by atoms with Crippen LogP contribution in [0.5, 0.6) is 0 Å². The molecule has 0 fully saturated rings. The van der Waals surface area contributed by atoms with Crippen molar-refractivity contribution in [1.29, 1.82) is 0 Å². The number of hydrogen-bond donors (Lipinski definition) is 0.